The number of rotatable bonds is 2. The van der Waals surface area contributed by atoms with Gasteiger partial charge in [-0.3, -0.25) is 4.40 Å². The standard InChI is InChI=1S/C17H18BrN3O/c1-17(2,3)20-16-15(11-4-7-13(22)8-5-11)19-14-9-6-12(18)10-21(14)16/h4-10,20,22H,1-3H3. The molecule has 4 nitrogen and oxygen atoms in total. The molecule has 0 atom stereocenters. The van der Waals surface area contributed by atoms with E-state index >= 15 is 0 Å². The monoisotopic (exact) mass is 359 g/mol. The minimum Gasteiger partial charge on any atom is -0.508 e. The van der Waals surface area contributed by atoms with Gasteiger partial charge in [0, 0.05) is 21.8 Å². The van der Waals surface area contributed by atoms with Gasteiger partial charge in [0.15, 0.2) is 0 Å². The molecular weight excluding hydrogens is 342 g/mol. The zero-order valence-electron chi connectivity index (χ0n) is 12.8. The first-order valence-electron chi connectivity index (χ1n) is 7.09. The van der Waals surface area contributed by atoms with Crippen LogP contribution >= 0.6 is 15.9 Å². The molecule has 1 aromatic carbocycles. The minimum absolute atomic E-state index is 0.0933. The van der Waals surface area contributed by atoms with Gasteiger partial charge in [-0.1, -0.05) is 0 Å². The van der Waals surface area contributed by atoms with Crippen LogP contribution < -0.4 is 5.32 Å². The highest BCUT2D eigenvalue weighted by Crippen LogP contribution is 2.32. The number of phenolic OH excluding ortho intramolecular Hbond substituents is 1. The molecule has 0 spiro atoms. The first-order valence-corrected chi connectivity index (χ1v) is 7.88. The summed E-state index contributed by atoms with van der Waals surface area (Å²) >= 11 is 3.51. The van der Waals surface area contributed by atoms with E-state index in [1.54, 1.807) is 12.1 Å². The molecular formula is C17H18BrN3O. The number of nitrogens with one attached hydrogen (secondary N) is 1. The van der Waals surface area contributed by atoms with Gasteiger partial charge in [-0.2, -0.15) is 0 Å². The van der Waals surface area contributed by atoms with Crippen LogP contribution in [-0.2, 0) is 0 Å². The number of benzene rings is 1. The molecule has 0 radical (unpaired) electrons. The summed E-state index contributed by atoms with van der Waals surface area (Å²) in [5.74, 6) is 1.19. The van der Waals surface area contributed by atoms with E-state index in [2.05, 4.69) is 42.0 Å². The van der Waals surface area contributed by atoms with Crippen LogP contribution in [0.5, 0.6) is 5.75 Å². The Labute approximate surface area is 137 Å². The van der Waals surface area contributed by atoms with Crippen molar-refractivity contribution in [2.24, 2.45) is 0 Å². The molecule has 0 saturated heterocycles. The van der Waals surface area contributed by atoms with Crippen molar-refractivity contribution < 1.29 is 5.11 Å². The van der Waals surface area contributed by atoms with Crippen LogP contribution in [0.15, 0.2) is 47.1 Å². The van der Waals surface area contributed by atoms with Crippen molar-refractivity contribution in [1.82, 2.24) is 9.38 Å². The molecule has 0 fully saturated rings. The van der Waals surface area contributed by atoms with Crippen LogP contribution in [0, 0.1) is 0 Å². The van der Waals surface area contributed by atoms with Gasteiger partial charge >= 0.3 is 0 Å². The fourth-order valence-corrected chi connectivity index (χ4v) is 2.65. The number of phenols is 1. The summed E-state index contributed by atoms with van der Waals surface area (Å²) < 4.78 is 3.03. The fraction of sp³-hybridized carbons (Fsp3) is 0.235. The first-order chi connectivity index (χ1) is 10.3. The van der Waals surface area contributed by atoms with Crippen molar-refractivity contribution >= 4 is 27.4 Å². The predicted octanol–water partition coefficient (Wildman–Crippen LogP) is 4.68. The fourth-order valence-electron chi connectivity index (χ4n) is 2.31. The van der Waals surface area contributed by atoms with Gasteiger partial charge in [-0.25, -0.2) is 4.98 Å². The molecule has 2 N–H and O–H groups in total. The van der Waals surface area contributed by atoms with Gasteiger partial charge in [0.2, 0.25) is 0 Å². The summed E-state index contributed by atoms with van der Waals surface area (Å²) in [6.07, 6.45) is 2.00. The largest absolute Gasteiger partial charge is 0.508 e. The van der Waals surface area contributed by atoms with Crippen molar-refractivity contribution in [1.29, 1.82) is 0 Å². The molecule has 0 aliphatic heterocycles. The van der Waals surface area contributed by atoms with E-state index in [9.17, 15) is 5.11 Å². The van der Waals surface area contributed by atoms with Crippen LogP contribution in [0.1, 0.15) is 20.8 Å². The number of hydrogen-bond acceptors (Lipinski definition) is 3. The summed E-state index contributed by atoms with van der Waals surface area (Å²) in [6.45, 7) is 6.35. The maximum Gasteiger partial charge on any atom is 0.139 e. The SMILES string of the molecule is CC(C)(C)Nc1c(-c2ccc(O)cc2)nc2ccc(Br)cn12. The Balaban J connectivity index is 2.23. The molecule has 2 aromatic heterocycles. The molecule has 22 heavy (non-hydrogen) atoms. The third-order valence-corrected chi connectivity index (χ3v) is 3.69. The normalized spacial score (nSPS) is 11.8. The first kappa shape index (κ1) is 14.9. The topological polar surface area (TPSA) is 49.6 Å². The van der Waals surface area contributed by atoms with Crippen LogP contribution in [0.4, 0.5) is 5.82 Å². The number of nitrogens with zero attached hydrogens (tertiary/aromatic N) is 2. The lowest BCUT2D eigenvalue weighted by molar-refractivity contribution is 0.475. The Morgan fingerprint density at radius 2 is 1.77 bits per heavy atom. The number of aromatic nitrogens is 2. The molecule has 114 valence electrons. The lowest BCUT2D eigenvalue weighted by Gasteiger charge is -2.22. The second-order valence-corrected chi connectivity index (χ2v) is 7.22. The molecule has 0 saturated carbocycles. The smallest absolute Gasteiger partial charge is 0.139 e. The average Bonchev–Trinajstić information content (AvgIpc) is 2.76. The number of pyridine rings is 1. The highest BCUT2D eigenvalue weighted by atomic mass is 79.9. The second kappa shape index (κ2) is 5.32. The molecule has 3 aromatic rings. The van der Waals surface area contributed by atoms with Crippen LogP contribution in [0.2, 0.25) is 0 Å². The predicted molar refractivity (Wildman–Crippen MR) is 93.4 cm³/mol. The molecule has 5 heteroatoms. The van der Waals surface area contributed by atoms with Gasteiger partial charge in [-0.05, 0) is 73.1 Å². The zero-order valence-corrected chi connectivity index (χ0v) is 14.3. The Hall–Kier alpha value is -2.01. The van der Waals surface area contributed by atoms with Crippen molar-refractivity contribution in [3.8, 4) is 17.0 Å². The Morgan fingerprint density at radius 3 is 2.41 bits per heavy atom. The lowest BCUT2D eigenvalue weighted by Crippen LogP contribution is -2.27. The van der Waals surface area contributed by atoms with E-state index in [0.717, 1.165) is 27.2 Å². The van der Waals surface area contributed by atoms with Crippen molar-refractivity contribution in [3.05, 3.63) is 47.1 Å². The second-order valence-electron chi connectivity index (χ2n) is 6.31. The van der Waals surface area contributed by atoms with E-state index < -0.39 is 0 Å². The van der Waals surface area contributed by atoms with Crippen LogP contribution in [0.3, 0.4) is 0 Å². The zero-order chi connectivity index (χ0) is 15.9. The van der Waals surface area contributed by atoms with E-state index in [0.29, 0.717) is 0 Å². The Kier molecular flexibility index (Phi) is 3.60. The van der Waals surface area contributed by atoms with Crippen LogP contribution in [-0.4, -0.2) is 20.0 Å². The molecule has 0 unspecified atom stereocenters. The van der Waals surface area contributed by atoms with Crippen molar-refractivity contribution in [3.63, 3.8) is 0 Å². The molecule has 0 amide bonds. The maximum absolute atomic E-state index is 9.49. The van der Waals surface area contributed by atoms with Crippen LogP contribution in [0.25, 0.3) is 16.9 Å². The summed E-state index contributed by atoms with van der Waals surface area (Å²) in [7, 11) is 0. The summed E-state index contributed by atoms with van der Waals surface area (Å²) in [4.78, 5) is 4.74. The van der Waals surface area contributed by atoms with Crippen molar-refractivity contribution in [2.45, 2.75) is 26.3 Å². The highest BCUT2D eigenvalue weighted by Gasteiger charge is 2.19. The summed E-state index contributed by atoms with van der Waals surface area (Å²) in [5.41, 5.74) is 2.61. The Morgan fingerprint density at radius 1 is 1.09 bits per heavy atom. The quantitative estimate of drug-likeness (QED) is 0.698. The summed E-state index contributed by atoms with van der Waals surface area (Å²) in [5, 5.41) is 13.0. The maximum atomic E-state index is 9.49. The molecule has 2 heterocycles. The molecule has 0 bridgehead atoms. The van der Waals surface area contributed by atoms with Gasteiger partial charge in [0.05, 0.1) is 0 Å². The van der Waals surface area contributed by atoms with Gasteiger partial charge < -0.3 is 10.4 Å². The number of anilines is 1. The van der Waals surface area contributed by atoms with E-state index in [4.69, 9.17) is 4.98 Å². The Bertz CT molecular complexity index is 816. The molecule has 0 aliphatic carbocycles. The summed E-state index contributed by atoms with van der Waals surface area (Å²) in [6, 6.07) is 11.1. The number of hydrogen-bond donors (Lipinski definition) is 2. The lowest BCUT2D eigenvalue weighted by atomic mass is 10.1. The van der Waals surface area contributed by atoms with Crippen molar-refractivity contribution in [2.75, 3.05) is 5.32 Å². The number of aromatic hydroxyl groups is 1. The average molecular weight is 360 g/mol. The molecule has 0 aliphatic rings. The van der Waals surface area contributed by atoms with Gasteiger partial charge in [0.1, 0.15) is 22.9 Å². The third kappa shape index (κ3) is 2.95. The number of fused-ring (bicyclic) bond motifs is 1. The number of halogens is 1. The highest BCUT2D eigenvalue weighted by molar-refractivity contribution is 9.10. The van der Waals surface area contributed by atoms with E-state index in [1.807, 2.05) is 34.9 Å². The molecule has 3 rings (SSSR count). The third-order valence-electron chi connectivity index (χ3n) is 3.22. The van der Waals surface area contributed by atoms with Gasteiger partial charge in [-0.15, -0.1) is 0 Å². The van der Waals surface area contributed by atoms with E-state index in [-0.39, 0.29) is 11.3 Å². The minimum atomic E-state index is -0.0933. The number of imidazole rings is 1. The van der Waals surface area contributed by atoms with E-state index in [1.165, 1.54) is 0 Å². The van der Waals surface area contributed by atoms with Gasteiger partial charge in [0.25, 0.3) is 0 Å².